The number of benzene rings is 2. The average molecular weight is 359 g/mol. The molecule has 0 saturated heterocycles. The van der Waals surface area contributed by atoms with E-state index in [9.17, 15) is 9.90 Å². The standard InChI is InChI=1S/C17H15ClN4O3/c18-12-6-2-4-8-14(12)25-10-9-22-13-7-3-1-5-11(13)15(16(22)23)20-21-17(19)24/h1-8,23H,9-10H2,(H2,19,24). The summed E-state index contributed by atoms with van der Waals surface area (Å²) in [6.07, 6.45) is 0. The fraction of sp³-hybridized carbons (Fsp3) is 0.118. The van der Waals surface area contributed by atoms with E-state index in [4.69, 9.17) is 22.1 Å². The molecule has 1 aromatic heterocycles. The highest BCUT2D eigenvalue weighted by Gasteiger charge is 2.16. The molecular weight excluding hydrogens is 344 g/mol. The van der Waals surface area contributed by atoms with E-state index in [1.807, 2.05) is 24.3 Å². The summed E-state index contributed by atoms with van der Waals surface area (Å²) in [6.45, 7) is 0.631. The van der Waals surface area contributed by atoms with Crippen molar-refractivity contribution in [1.29, 1.82) is 0 Å². The van der Waals surface area contributed by atoms with Gasteiger partial charge < -0.3 is 20.1 Å². The van der Waals surface area contributed by atoms with Crippen LogP contribution in [0.4, 0.5) is 10.5 Å². The summed E-state index contributed by atoms with van der Waals surface area (Å²) in [5.41, 5.74) is 5.90. The number of fused-ring (bicyclic) bond motifs is 1. The van der Waals surface area contributed by atoms with E-state index < -0.39 is 6.03 Å². The van der Waals surface area contributed by atoms with Gasteiger partial charge in [0.25, 0.3) is 0 Å². The second kappa shape index (κ2) is 7.23. The number of aromatic hydroxyl groups is 1. The molecule has 0 radical (unpaired) electrons. The molecule has 0 aliphatic rings. The number of ether oxygens (including phenoxy) is 1. The van der Waals surface area contributed by atoms with Crippen molar-refractivity contribution in [3.8, 4) is 11.6 Å². The van der Waals surface area contributed by atoms with Gasteiger partial charge in [0.05, 0.1) is 17.1 Å². The highest BCUT2D eigenvalue weighted by molar-refractivity contribution is 6.32. The lowest BCUT2D eigenvalue weighted by atomic mass is 10.2. The second-order valence-corrected chi connectivity index (χ2v) is 5.57. The van der Waals surface area contributed by atoms with Gasteiger partial charge in [-0.2, -0.15) is 0 Å². The van der Waals surface area contributed by atoms with Gasteiger partial charge in [-0.3, -0.25) is 0 Å². The Hall–Kier alpha value is -3.06. The minimum absolute atomic E-state index is 0.117. The Morgan fingerprint density at radius 1 is 1.20 bits per heavy atom. The maximum Gasteiger partial charge on any atom is 0.356 e. The minimum atomic E-state index is -0.932. The van der Waals surface area contributed by atoms with Crippen LogP contribution >= 0.6 is 11.6 Å². The zero-order valence-electron chi connectivity index (χ0n) is 13.1. The zero-order valence-corrected chi connectivity index (χ0v) is 13.8. The molecule has 1 heterocycles. The summed E-state index contributed by atoms with van der Waals surface area (Å²) in [5, 5.41) is 18.7. The molecule has 2 amide bonds. The van der Waals surface area contributed by atoms with E-state index in [0.717, 1.165) is 5.52 Å². The van der Waals surface area contributed by atoms with Gasteiger partial charge in [-0.1, -0.05) is 47.0 Å². The smallest absolute Gasteiger partial charge is 0.356 e. The van der Waals surface area contributed by atoms with Gasteiger partial charge in [-0.25, -0.2) is 4.79 Å². The number of carbonyl (C=O) groups excluding carboxylic acids is 1. The van der Waals surface area contributed by atoms with E-state index in [2.05, 4.69) is 10.2 Å². The SMILES string of the molecule is NC(=O)N=Nc1c(O)n(CCOc2ccccc2Cl)c2ccccc12. The monoisotopic (exact) mass is 358 g/mol. The van der Waals surface area contributed by atoms with Crippen LogP contribution in [-0.4, -0.2) is 22.3 Å². The van der Waals surface area contributed by atoms with Gasteiger partial charge in [0.1, 0.15) is 12.4 Å². The third kappa shape index (κ3) is 3.56. The number of amides is 2. The molecule has 3 N–H and O–H groups in total. The summed E-state index contributed by atoms with van der Waals surface area (Å²) in [6, 6.07) is 13.5. The number of nitrogens with zero attached hydrogens (tertiary/aromatic N) is 3. The van der Waals surface area contributed by atoms with Crippen LogP contribution in [0.1, 0.15) is 0 Å². The molecule has 0 aliphatic carbocycles. The van der Waals surface area contributed by atoms with Crippen LogP contribution in [0.5, 0.6) is 11.6 Å². The third-order valence-corrected chi connectivity index (χ3v) is 3.89. The Balaban J connectivity index is 1.87. The molecule has 8 heteroatoms. The van der Waals surface area contributed by atoms with Crippen LogP contribution in [0.15, 0.2) is 58.8 Å². The van der Waals surface area contributed by atoms with Crippen molar-refractivity contribution in [1.82, 2.24) is 4.57 Å². The largest absolute Gasteiger partial charge is 0.493 e. The van der Waals surface area contributed by atoms with E-state index in [0.29, 0.717) is 22.7 Å². The summed E-state index contributed by atoms with van der Waals surface area (Å²) in [7, 11) is 0. The number of hydrogen-bond donors (Lipinski definition) is 2. The lowest BCUT2D eigenvalue weighted by Crippen LogP contribution is -2.07. The number of primary amides is 1. The fourth-order valence-corrected chi connectivity index (χ4v) is 2.69. The first kappa shape index (κ1) is 16.8. The topological polar surface area (TPSA) is 102 Å². The average Bonchev–Trinajstić information content (AvgIpc) is 2.86. The molecule has 0 aliphatic heterocycles. The van der Waals surface area contributed by atoms with E-state index in [-0.39, 0.29) is 18.2 Å². The summed E-state index contributed by atoms with van der Waals surface area (Å²) < 4.78 is 7.29. The zero-order chi connectivity index (χ0) is 17.8. The predicted octanol–water partition coefficient (Wildman–Crippen LogP) is 4.24. The molecule has 0 unspecified atom stereocenters. The fourth-order valence-electron chi connectivity index (χ4n) is 2.50. The number of rotatable bonds is 5. The Morgan fingerprint density at radius 3 is 2.68 bits per heavy atom. The van der Waals surface area contributed by atoms with Gasteiger partial charge in [0.15, 0.2) is 5.69 Å². The second-order valence-electron chi connectivity index (χ2n) is 5.16. The molecule has 0 spiro atoms. The molecular formula is C17H15ClN4O3. The van der Waals surface area contributed by atoms with Gasteiger partial charge >= 0.3 is 6.03 Å². The highest BCUT2D eigenvalue weighted by Crippen LogP contribution is 2.38. The third-order valence-electron chi connectivity index (χ3n) is 3.58. The molecule has 3 rings (SSSR count). The van der Waals surface area contributed by atoms with Gasteiger partial charge in [0.2, 0.25) is 5.88 Å². The first-order chi connectivity index (χ1) is 12.1. The molecule has 0 atom stereocenters. The van der Waals surface area contributed by atoms with Crippen LogP contribution in [0, 0.1) is 0 Å². The Morgan fingerprint density at radius 2 is 1.92 bits per heavy atom. The quantitative estimate of drug-likeness (QED) is 0.666. The van der Waals surface area contributed by atoms with Crippen molar-refractivity contribution in [3.05, 3.63) is 53.6 Å². The molecule has 25 heavy (non-hydrogen) atoms. The molecule has 0 fully saturated rings. The predicted molar refractivity (Wildman–Crippen MR) is 94.6 cm³/mol. The lowest BCUT2D eigenvalue weighted by molar-refractivity contribution is 0.255. The number of para-hydroxylation sites is 2. The van der Waals surface area contributed by atoms with Crippen molar-refractivity contribution < 1.29 is 14.6 Å². The first-order valence-corrected chi connectivity index (χ1v) is 7.84. The Kier molecular flexibility index (Phi) is 4.85. The van der Waals surface area contributed by atoms with Gasteiger partial charge in [-0.15, -0.1) is 5.11 Å². The molecule has 3 aromatic rings. The van der Waals surface area contributed by atoms with Crippen LogP contribution in [0.3, 0.4) is 0 Å². The normalized spacial score (nSPS) is 11.2. The molecule has 2 aromatic carbocycles. The molecule has 7 nitrogen and oxygen atoms in total. The van der Waals surface area contributed by atoms with E-state index >= 15 is 0 Å². The van der Waals surface area contributed by atoms with Crippen LogP contribution in [0.25, 0.3) is 10.9 Å². The molecule has 0 saturated carbocycles. The summed E-state index contributed by atoms with van der Waals surface area (Å²) in [4.78, 5) is 10.8. The number of hydrogen-bond acceptors (Lipinski definition) is 4. The Bertz CT molecular complexity index is 952. The van der Waals surface area contributed by atoms with Crippen LogP contribution in [-0.2, 0) is 6.54 Å². The number of urea groups is 1. The number of nitrogens with two attached hydrogens (primary N) is 1. The number of carbonyl (C=O) groups is 1. The van der Waals surface area contributed by atoms with Gasteiger partial charge in [-0.05, 0) is 18.2 Å². The van der Waals surface area contributed by atoms with Crippen molar-refractivity contribution in [2.75, 3.05) is 6.61 Å². The van der Waals surface area contributed by atoms with Crippen LogP contribution in [0.2, 0.25) is 5.02 Å². The number of aromatic nitrogens is 1. The summed E-state index contributed by atoms with van der Waals surface area (Å²) in [5.74, 6) is 0.447. The summed E-state index contributed by atoms with van der Waals surface area (Å²) >= 11 is 6.05. The van der Waals surface area contributed by atoms with Crippen LogP contribution < -0.4 is 10.5 Å². The lowest BCUT2D eigenvalue weighted by Gasteiger charge is -2.10. The highest BCUT2D eigenvalue weighted by atomic mass is 35.5. The van der Waals surface area contributed by atoms with E-state index in [1.165, 1.54) is 0 Å². The maximum atomic E-state index is 10.8. The molecule has 0 bridgehead atoms. The maximum absolute atomic E-state index is 10.8. The van der Waals surface area contributed by atoms with Crippen molar-refractivity contribution in [3.63, 3.8) is 0 Å². The first-order valence-electron chi connectivity index (χ1n) is 7.46. The van der Waals surface area contributed by atoms with Crippen molar-refractivity contribution in [2.45, 2.75) is 6.54 Å². The number of azo groups is 1. The van der Waals surface area contributed by atoms with Crippen molar-refractivity contribution >= 4 is 34.2 Å². The van der Waals surface area contributed by atoms with Gasteiger partial charge in [0, 0.05) is 5.39 Å². The Labute approximate surface area is 148 Å². The number of halogens is 1. The van der Waals surface area contributed by atoms with Crippen molar-refractivity contribution in [2.24, 2.45) is 16.0 Å². The molecule has 128 valence electrons. The minimum Gasteiger partial charge on any atom is -0.493 e. The van der Waals surface area contributed by atoms with E-state index in [1.54, 1.807) is 28.8 Å².